The third-order valence-electron chi connectivity index (χ3n) is 2.70. The Hall–Kier alpha value is -1.85. The van der Waals surface area contributed by atoms with Crippen LogP contribution in [0.25, 0.3) is 0 Å². The molecule has 0 aliphatic heterocycles. The van der Waals surface area contributed by atoms with Crippen molar-refractivity contribution in [3.8, 4) is 0 Å². The fourth-order valence-corrected chi connectivity index (χ4v) is 1.58. The number of nitrogens with one attached hydrogen (secondary N) is 1. The van der Waals surface area contributed by atoms with E-state index in [2.05, 4.69) is 31.8 Å². The van der Waals surface area contributed by atoms with Crippen LogP contribution in [-0.4, -0.2) is 43.2 Å². The summed E-state index contributed by atoms with van der Waals surface area (Å²) in [5.74, 6) is 1.84. The average Bonchev–Trinajstić information content (AvgIpc) is 2.41. The smallest absolute Gasteiger partial charge is 0.325 e. The van der Waals surface area contributed by atoms with Gasteiger partial charge >= 0.3 is 5.97 Å². The Kier molecular flexibility index (Phi) is 6.05. The standard InChI is InChI=1S/C13H22N4O2/c1-5-6-7-17(3)12-8-11(15-10(2)16-12)14-9-13(18)19-4/h8H,5-7,9H2,1-4H3,(H,14,15,16). The van der Waals surface area contributed by atoms with Crippen LogP contribution in [-0.2, 0) is 9.53 Å². The molecule has 0 saturated carbocycles. The normalized spacial score (nSPS) is 10.1. The Balaban J connectivity index is 2.73. The predicted molar refractivity (Wildman–Crippen MR) is 75.5 cm³/mol. The predicted octanol–water partition coefficient (Wildman–Crippen LogP) is 1.61. The lowest BCUT2D eigenvalue weighted by Crippen LogP contribution is -2.21. The minimum atomic E-state index is -0.322. The molecule has 0 unspecified atom stereocenters. The number of carbonyl (C=O) groups excluding carboxylic acids is 1. The van der Waals surface area contributed by atoms with Gasteiger partial charge in [-0.3, -0.25) is 4.79 Å². The van der Waals surface area contributed by atoms with Gasteiger partial charge in [-0.05, 0) is 13.3 Å². The number of nitrogens with zero attached hydrogens (tertiary/aromatic N) is 3. The number of aromatic nitrogens is 2. The number of rotatable bonds is 7. The number of ether oxygens (including phenoxy) is 1. The maximum atomic E-state index is 11.1. The third kappa shape index (κ3) is 5.11. The highest BCUT2D eigenvalue weighted by atomic mass is 16.5. The molecule has 0 bridgehead atoms. The van der Waals surface area contributed by atoms with E-state index >= 15 is 0 Å². The van der Waals surface area contributed by atoms with Gasteiger partial charge in [-0.25, -0.2) is 9.97 Å². The van der Waals surface area contributed by atoms with E-state index < -0.39 is 0 Å². The molecular weight excluding hydrogens is 244 g/mol. The van der Waals surface area contributed by atoms with Gasteiger partial charge in [0.25, 0.3) is 0 Å². The van der Waals surface area contributed by atoms with Crippen LogP contribution in [0.15, 0.2) is 6.07 Å². The molecule has 0 fully saturated rings. The quantitative estimate of drug-likeness (QED) is 0.756. The SMILES string of the molecule is CCCCN(C)c1cc(NCC(=O)OC)nc(C)n1. The van der Waals surface area contributed by atoms with E-state index in [0.717, 1.165) is 25.2 Å². The van der Waals surface area contributed by atoms with Crippen molar-refractivity contribution in [2.45, 2.75) is 26.7 Å². The molecular formula is C13H22N4O2. The number of hydrogen-bond acceptors (Lipinski definition) is 6. The van der Waals surface area contributed by atoms with Crippen molar-refractivity contribution in [2.75, 3.05) is 37.5 Å². The van der Waals surface area contributed by atoms with E-state index in [4.69, 9.17) is 0 Å². The third-order valence-corrected chi connectivity index (χ3v) is 2.70. The summed E-state index contributed by atoms with van der Waals surface area (Å²) in [6, 6.07) is 1.84. The van der Waals surface area contributed by atoms with E-state index in [9.17, 15) is 4.79 Å². The topological polar surface area (TPSA) is 67.4 Å². The summed E-state index contributed by atoms with van der Waals surface area (Å²) in [5, 5.41) is 2.94. The lowest BCUT2D eigenvalue weighted by atomic mass is 10.3. The first-order chi connectivity index (χ1) is 9.06. The molecule has 0 atom stereocenters. The molecule has 0 amide bonds. The van der Waals surface area contributed by atoms with Crippen LogP contribution in [0, 0.1) is 6.92 Å². The molecule has 0 aliphatic rings. The first kappa shape index (κ1) is 15.2. The van der Waals surface area contributed by atoms with Crippen LogP contribution in [0.5, 0.6) is 0 Å². The fraction of sp³-hybridized carbons (Fsp3) is 0.615. The van der Waals surface area contributed by atoms with Crippen molar-refractivity contribution < 1.29 is 9.53 Å². The van der Waals surface area contributed by atoms with Gasteiger partial charge < -0.3 is 15.0 Å². The van der Waals surface area contributed by atoms with Gasteiger partial charge in [-0.2, -0.15) is 0 Å². The highest BCUT2D eigenvalue weighted by Crippen LogP contribution is 2.15. The maximum Gasteiger partial charge on any atom is 0.325 e. The van der Waals surface area contributed by atoms with Crippen LogP contribution in [0.4, 0.5) is 11.6 Å². The van der Waals surface area contributed by atoms with Crippen LogP contribution < -0.4 is 10.2 Å². The summed E-state index contributed by atoms with van der Waals surface area (Å²) in [6.45, 7) is 5.04. The number of methoxy groups -OCH3 is 1. The zero-order valence-electron chi connectivity index (χ0n) is 12.1. The van der Waals surface area contributed by atoms with Crippen molar-refractivity contribution in [3.63, 3.8) is 0 Å². The van der Waals surface area contributed by atoms with Crippen LogP contribution in [0.2, 0.25) is 0 Å². The van der Waals surface area contributed by atoms with Gasteiger partial charge in [0.15, 0.2) is 0 Å². The lowest BCUT2D eigenvalue weighted by Gasteiger charge is -2.18. The zero-order valence-corrected chi connectivity index (χ0v) is 12.1. The Morgan fingerprint density at radius 3 is 2.84 bits per heavy atom. The summed E-state index contributed by atoms with van der Waals surface area (Å²) < 4.78 is 4.58. The van der Waals surface area contributed by atoms with Crippen molar-refractivity contribution in [1.82, 2.24) is 9.97 Å². The molecule has 0 aromatic carbocycles. The number of anilines is 2. The number of unbranched alkanes of at least 4 members (excludes halogenated alkanes) is 1. The molecule has 0 radical (unpaired) electrons. The van der Waals surface area contributed by atoms with Gasteiger partial charge in [0, 0.05) is 19.7 Å². The van der Waals surface area contributed by atoms with E-state index in [1.807, 2.05) is 20.0 Å². The second-order valence-electron chi connectivity index (χ2n) is 4.36. The second kappa shape index (κ2) is 7.56. The summed E-state index contributed by atoms with van der Waals surface area (Å²) in [7, 11) is 3.36. The molecule has 6 nitrogen and oxygen atoms in total. The van der Waals surface area contributed by atoms with Crippen molar-refractivity contribution in [3.05, 3.63) is 11.9 Å². The number of carbonyl (C=O) groups is 1. The Labute approximate surface area is 114 Å². The molecule has 0 saturated heterocycles. The lowest BCUT2D eigenvalue weighted by molar-refractivity contribution is -0.138. The van der Waals surface area contributed by atoms with Crippen LogP contribution in [0.1, 0.15) is 25.6 Å². The van der Waals surface area contributed by atoms with Gasteiger partial charge in [0.2, 0.25) is 0 Å². The molecule has 1 rings (SSSR count). The summed E-state index contributed by atoms with van der Waals surface area (Å²) >= 11 is 0. The summed E-state index contributed by atoms with van der Waals surface area (Å²) in [4.78, 5) is 21.8. The van der Waals surface area contributed by atoms with Crippen LogP contribution >= 0.6 is 0 Å². The molecule has 0 aliphatic carbocycles. The minimum absolute atomic E-state index is 0.102. The zero-order chi connectivity index (χ0) is 14.3. The molecule has 6 heteroatoms. The van der Waals surface area contributed by atoms with Gasteiger partial charge in [0.1, 0.15) is 24.0 Å². The molecule has 106 valence electrons. The average molecular weight is 266 g/mol. The highest BCUT2D eigenvalue weighted by molar-refractivity contribution is 5.74. The fourth-order valence-electron chi connectivity index (χ4n) is 1.58. The monoisotopic (exact) mass is 266 g/mol. The Morgan fingerprint density at radius 2 is 2.21 bits per heavy atom. The molecule has 1 heterocycles. The van der Waals surface area contributed by atoms with Gasteiger partial charge in [0.05, 0.1) is 7.11 Å². The van der Waals surface area contributed by atoms with Gasteiger partial charge in [-0.15, -0.1) is 0 Å². The Morgan fingerprint density at radius 1 is 1.47 bits per heavy atom. The molecule has 1 aromatic heterocycles. The summed E-state index contributed by atoms with van der Waals surface area (Å²) in [6.07, 6.45) is 2.26. The van der Waals surface area contributed by atoms with E-state index in [0.29, 0.717) is 11.6 Å². The number of esters is 1. The first-order valence-electron chi connectivity index (χ1n) is 6.44. The molecule has 1 N–H and O–H groups in total. The van der Waals surface area contributed by atoms with E-state index in [1.54, 1.807) is 0 Å². The number of hydrogen-bond donors (Lipinski definition) is 1. The number of aryl methyl sites for hydroxylation is 1. The largest absolute Gasteiger partial charge is 0.468 e. The van der Waals surface area contributed by atoms with Crippen molar-refractivity contribution in [1.29, 1.82) is 0 Å². The van der Waals surface area contributed by atoms with Crippen molar-refractivity contribution in [2.24, 2.45) is 0 Å². The minimum Gasteiger partial charge on any atom is -0.468 e. The van der Waals surface area contributed by atoms with E-state index in [-0.39, 0.29) is 12.5 Å². The first-order valence-corrected chi connectivity index (χ1v) is 6.44. The second-order valence-corrected chi connectivity index (χ2v) is 4.36. The molecule has 1 aromatic rings. The Bertz CT molecular complexity index is 423. The van der Waals surface area contributed by atoms with E-state index in [1.165, 1.54) is 7.11 Å². The van der Waals surface area contributed by atoms with Gasteiger partial charge in [-0.1, -0.05) is 13.3 Å². The van der Waals surface area contributed by atoms with Crippen molar-refractivity contribution >= 4 is 17.6 Å². The molecule has 19 heavy (non-hydrogen) atoms. The maximum absolute atomic E-state index is 11.1. The highest BCUT2D eigenvalue weighted by Gasteiger charge is 2.07. The van der Waals surface area contributed by atoms with Crippen LogP contribution in [0.3, 0.4) is 0 Å². The summed E-state index contributed by atoms with van der Waals surface area (Å²) in [5.41, 5.74) is 0. The molecule has 0 spiro atoms.